The molecule has 1 saturated heterocycles. The van der Waals surface area contributed by atoms with Gasteiger partial charge in [-0.2, -0.15) is 4.73 Å². The van der Waals surface area contributed by atoms with Crippen LogP contribution < -0.4 is 9.74 Å². The second kappa shape index (κ2) is 5.76. The van der Waals surface area contributed by atoms with Gasteiger partial charge in [0.2, 0.25) is 5.91 Å². The first-order chi connectivity index (χ1) is 11.3. The summed E-state index contributed by atoms with van der Waals surface area (Å²) in [6, 6.07) is 15.4. The number of hydrogen-bond acceptors (Lipinski definition) is 3. The molecule has 0 N–H and O–H groups in total. The topological polar surface area (TPSA) is 47.4 Å². The zero-order valence-electron chi connectivity index (χ0n) is 12.7. The molecule has 1 aliphatic heterocycles. The highest BCUT2D eigenvalue weighted by atomic mass is 16.7. The lowest BCUT2D eigenvalue weighted by Crippen LogP contribution is -2.35. The first kappa shape index (κ1) is 13.8. The van der Waals surface area contributed by atoms with Crippen molar-refractivity contribution in [2.24, 2.45) is 0 Å². The van der Waals surface area contributed by atoms with Crippen LogP contribution in [-0.4, -0.2) is 22.2 Å². The van der Waals surface area contributed by atoms with Gasteiger partial charge in [0, 0.05) is 18.7 Å². The summed E-state index contributed by atoms with van der Waals surface area (Å²) < 4.78 is 1.65. The summed E-state index contributed by atoms with van der Waals surface area (Å²) in [5, 5.41) is 0. The number of amides is 1. The van der Waals surface area contributed by atoms with Gasteiger partial charge < -0.3 is 9.74 Å². The Labute approximate surface area is 134 Å². The van der Waals surface area contributed by atoms with Gasteiger partial charge in [-0.15, -0.1) is 0 Å². The van der Waals surface area contributed by atoms with Crippen LogP contribution in [0.25, 0.3) is 11.0 Å². The predicted molar refractivity (Wildman–Crippen MR) is 88.4 cm³/mol. The smallest absolute Gasteiger partial charge is 0.226 e. The van der Waals surface area contributed by atoms with Crippen molar-refractivity contribution in [3.8, 4) is 5.75 Å². The average molecular weight is 307 g/mol. The molecular weight excluding hydrogens is 290 g/mol. The quantitative estimate of drug-likeness (QED) is 0.745. The molecule has 2 aromatic carbocycles. The van der Waals surface area contributed by atoms with E-state index in [0.29, 0.717) is 12.2 Å². The summed E-state index contributed by atoms with van der Waals surface area (Å²) >= 11 is 0. The van der Waals surface area contributed by atoms with Gasteiger partial charge in [0.05, 0.1) is 5.52 Å². The summed E-state index contributed by atoms with van der Waals surface area (Å²) in [7, 11) is 0. The number of hydrogen-bond donors (Lipinski definition) is 0. The number of fused-ring (bicyclic) bond motifs is 1. The van der Waals surface area contributed by atoms with Gasteiger partial charge in [-0.1, -0.05) is 12.1 Å². The monoisotopic (exact) mass is 307 g/mol. The van der Waals surface area contributed by atoms with Crippen LogP contribution in [0.2, 0.25) is 0 Å². The fraction of sp³-hybridized carbons (Fsp3) is 0.222. The summed E-state index contributed by atoms with van der Waals surface area (Å²) in [5.74, 6) is 0.909. The maximum absolute atomic E-state index is 12.0. The minimum absolute atomic E-state index is 0.200. The number of imidazole rings is 1. The molecule has 0 atom stereocenters. The third kappa shape index (κ3) is 2.65. The van der Waals surface area contributed by atoms with Gasteiger partial charge in [0.1, 0.15) is 11.8 Å². The van der Waals surface area contributed by atoms with E-state index in [1.165, 1.54) is 0 Å². The van der Waals surface area contributed by atoms with Crippen molar-refractivity contribution in [1.82, 2.24) is 9.71 Å². The van der Waals surface area contributed by atoms with E-state index in [4.69, 9.17) is 4.84 Å². The summed E-state index contributed by atoms with van der Waals surface area (Å²) in [6.45, 7) is 0.797. The Morgan fingerprint density at radius 2 is 1.83 bits per heavy atom. The molecule has 23 heavy (non-hydrogen) atoms. The van der Waals surface area contributed by atoms with Crippen molar-refractivity contribution < 1.29 is 9.63 Å². The zero-order valence-corrected chi connectivity index (χ0v) is 12.7. The number of carbonyl (C=O) groups excluding carboxylic acids is 1. The average Bonchev–Trinajstić information content (AvgIpc) is 2.99. The Balaban J connectivity index is 1.55. The minimum Gasteiger partial charge on any atom is -0.374 e. The lowest BCUT2D eigenvalue weighted by Gasteiger charge is -2.26. The van der Waals surface area contributed by atoms with Gasteiger partial charge in [0.25, 0.3) is 0 Å². The molecule has 0 radical (unpaired) electrons. The van der Waals surface area contributed by atoms with Crippen LogP contribution >= 0.6 is 0 Å². The number of piperidine rings is 1. The first-order valence-corrected chi connectivity index (χ1v) is 7.82. The Bertz CT molecular complexity index is 839. The molecule has 3 aromatic rings. The Hall–Kier alpha value is -2.82. The van der Waals surface area contributed by atoms with Gasteiger partial charge >= 0.3 is 0 Å². The molecule has 116 valence electrons. The fourth-order valence-electron chi connectivity index (χ4n) is 2.89. The van der Waals surface area contributed by atoms with Crippen molar-refractivity contribution in [2.45, 2.75) is 19.3 Å². The molecule has 5 nitrogen and oxygen atoms in total. The van der Waals surface area contributed by atoms with E-state index in [2.05, 4.69) is 4.98 Å². The largest absolute Gasteiger partial charge is 0.374 e. The van der Waals surface area contributed by atoms with Crippen molar-refractivity contribution in [2.75, 3.05) is 11.4 Å². The molecule has 0 unspecified atom stereocenters. The second-order valence-corrected chi connectivity index (χ2v) is 5.65. The van der Waals surface area contributed by atoms with E-state index in [-0.39, 0.29) is 5.91 Å². The van der Waals surface area contributed by atoms with Crippen LogP contribution in [0.15, 0.2) is 54.9 Å². The number of aromatic nitrogens is 2. The lowest BCUT2D eigenvalue weighted by atomic mass is 10.1. The van der Waals surface area contributed by atoms with E-state index in [1.54, 1.807) is 11.1 Å². The maximum Gasteiger partial charge on any atom is 0.226 e. The van der Waals surface area contributed by atoms with E-state index in [0.717, 1.165) is 36.1 Å². The molecule has 4 rings (SSSR count). The number of para-hydroxylation sites is 2. The Morgan fingerprint density at radius 3 is 2.65 bits per heavy atom. The van der Waals surface area contributed by atoms with Crippen molar-refractivity contribution in [3.63, 3.8) is 0 Å². The van der Waals surface area contributed by atoms with Gasteiger partial charge in [-0.05, 0) is 49.2 Å². The summed E-state index contributed by atoms with van der Waals surface area (Å²) in [5.41, 5.74) is 2.74. The first-order valence-electron chi connectivity index (χ1n) is 7.82. The molecule has 0 aliphatic carbocycles. The standard InChI is InChI=1S/C18H17N3O2/c22-18-7-3-4-12-20(18)14-8-10-15(11-9-14)23-21-13-19-16-5-1-2-6-17(16)21/h1-2,5-6,8-11,13H,3-4,7,12H2. The molecule has 0 bridgehead atoms. The van der Waals surface area contributed by atoms with Crippen molar-refractivity contribution >= 4 is 22.6 Å². The number of anilines is 1. The molecule has 2 heterocycles. The molecule has 1 aromatic heterocycles. The van der Waals surface area contributed by atoms with Crippen LogP contribution in [0.4, 0.5) is 5.69 Å². The third-order valence-electron chi connectivity index (χ3n) is 4.10. The highest BCUT2D eigenvalue weighted by Crippen LogP contribution is 2.24. The number of benzene rings is 2. The zero-order chi connectivity index (χ0) is 15.6. The van der Waals surface area contributed by atoms with Crippen LogP contribution in [0.3, 0.4) is 0 Å². The highest BCUT2D eigenvalue weighted by molar-refractivity contribution is 5.94. The van der Waals surface area contributed by atoms with Gasteiger partial charge in [-0.25, -0.2) is 4.98 Å². The number of nitrogens with zero attached hydrogens (tertiary/aromatic N) is 3. The van der Waals surface area contributed by atoms with Crippen LogP contribution in [-0.2, 0) is 4.79 Å². The van der Waals surface area contributed by atoms with Crippen LogP contribution in [0.1, 0.15) is 19.3 Å². The molecule has 0 spiro atoms. The molecule has 1 aliphatic rings. The van der Waals surface area contributed by atoms with Gasteiger partial charge in [0.15, 0.2) is 5.75 Å². The molecule has 5 heteroatoms. The highest BCUT2D eigenvalue weighted by Gasteiger charge is 2.19. The normalized spacial score (nSPS) is 15.1. The molecule has 1 amide bonds. The Kier molecular flexibility index (Phi) is 3.46. The van der Waals surface area contributed by atoms with Gasteiger partial charge in [-0.3, -0.25) is 4.79 Å². The van der Waals surface area contributed by atoms with E-state index < -0.39 is 0 Å². The third-order valence-corrected chi connectivity index (χ3v) is 4.10. The predicted octanol–water partition coefficient (Wildman–Crippen LogP) is 3.40. The van der Waals surface area contributed by atoms with E-state index in [9.17, 15) is 4.79 Å². The number of carbonyl (C=O) groups is 1. The maximum atomic E-state index is 12.0. The lowest BCUT2D eigenvalue weighted by molar-refractivity contribution is -0.119. The summed E-state index contributed by atoms with van der Waals surface area (Å²) in [6.07, 6.45) is 4.35. The fourth-order valence-corrected chi connectivity index (χ4v) is 2.89. The van der Waals surface area contributed by atoms with Crippen molar-refractivity contribution in [3.05, 3.63) is 54.9 Å². The summed E-state index contributed by atoms with van der Waals surface area (Å²) in [4.78, 5) is 24.0. The van der Waals surface area contributed by atoms with Crippen LogP contribution in [0, 0.1) is 0 Å². The SMILES string of the molecule is O=C1CCCCN1c1ccc(On2cnc3ccccc32)cc1. The Morgan fingerprint density at radius 1 is 1.00 bits per heavy atom. The number of rotatable bonds is 3. The molecule has 0 saturated carbocycles. The van der Waals surface area contributed by atoms with E-state index in [1.807, 2.05) is 53.4 Å². The van der Waals surface area contributed by atoms with Crippen LogP contribution in [0.5, 0.6) is 5.75 Å². The van der Waals surface area contributed by atoms with Crippen molar-refractivity contribution in [1.29, 1.82) is 0 Å². The second-order valence-electron chi connectivity index (χ2n) is 5.65. The minimum atomic E-state index is 0.200. The molecule has 1 fully saturated rings. The van der Waals surface area contributed by atoms with E-state index >= 15 is 0 Å². The molecular formula is C18H17N3O2.